The summed E-state index contributed by atoms with van der Waals surface area (Å²) in [7, 11) is 0. The fourth-order valence-electron chi connectivity index (χ4n) is 4.26. The summed E-state index contributed by atoms with van der Waals surface area (Å²) in [5.41, 5.74) is 0.909. The highest BCUT2D eigenvalue weighted by atomic mass is 32.1. The zero-order chi connectivity index (χ0) is 24.0. The van der Waals surface area contributed by atoms with Crippen LogP contribution in [0.5, 0.6) is 0 Å². The third kappa shape index (κ3) is 4.68. The zero-order valence-electron chi connectivity index (χ0n) is 18.3. The van der Waals surface area contributed by atoms with E-state index in [1.807, 2.05) is 11.8 Å². The average molecular weight is 496 g/mol. The minimum atomic E-state index is -0.944. The van der Waals surface area contributed by atoms with Crippen LogP contribution in [0.1, 0.15) is 12.5 Å². The maximum Gasteiger partial charge on any atom is 0.185 e. The molecule has 4 unspecified atom stereocenters. The summed E-state index contributed by atoms with van der Waals surface area (Å²) in [5, 5.41) is 22.2. The third-order valence-corrected chi connectivity index (χ3v) is 6.98. The van der Waals surface area contributed by atoms with Gasteiger partial charge in [-0.1, -0.05) is 11.3 Å². The highest BCUT2D eigenvalue weighted by molar-refractivity contribution is 7.22. The number of anilines is 2. The highest BCUT2D eigenvalue weighted by Crippen LogP contribution is 2.34. The number of aliphatic hydroxyl groups is 2. The number of aromatic nitrogens is 2. The minimum absolute atomic E-state index is 0.0567. The largest absolute Gasteiger partial charge is 0.394 e. The number of nitrogens with one attached hydrogen (secondary N) is 1. The van der Waals surface area contributed by atoms with E-state index in [1.54, 1.807) is 0 Å². The van der Waals surface area contributed by atoms with Gasteiger partial charge >= 0.3 is 0 Å². The Kier molecular flexibility index (Phi) is 6.34. The van der Waals surface area contributed by atoms with E-state index in [9.17, 15) is 18.3 Å². The van der Waals surface area contributed by atoms with Gasteiger partial charge < -0.3 is 25.2 Å². The molecule has 2 aliphatic rings. The molecule has 4 atom stereocenters. The number of fused-ring (bicyclic) bond motifs is 1. The van der Waals surface area contributed by atoms with Crippen molar-refractivity contribution in [1.82, 2.24) is 14.9 Å². The molecule has 0 bridgehead atoms. The lowest BCUT2D eigenvalue weighted by Crippen LogP contribution is -2.54. The van der Waals surface area contributed by atoms with E-state index < -0.39 is 30.2 Å². The van der Waals surface area contributed by atoms with Gasteiger partial charge in [-0.05, 0) is 24.6 Å². The maximum atomic E-state index is 14.7. The topological polar surface area (TPSA) is 97.3 Å². The lowest BCUT2D eigenvalue weighted by molar-refractivity contribution is 0.0954. The number of benzene rings is 1. The molecule has 2 aromatic heterocycles. The molecule has 2 saturated heterocycles. The van der Waals surface area contributed by atoms with E-state index in [4.69, 9.17) is 9.84 Å². The molecule has 4 heterocycles. The van der Waals surface area contributed by atoms with Crippen LogP contribution in [-0.2, 0) is 11.2 Å². The summed E-state index contributed by atoms with van der Waals surface area (Å²) in [6.45, 7) is 3.37. The molecule has 8 nitrogen and oxygen atoms in total. The first-order chi connectivity index (χ1) is 16.3. The molecule has 2 aliphatic heterocycles. The van der Waals surface area contributed by atoms with Gasteiger partial charge in [0.1, 0.15) is 0 Å². The van der Waals surface area contributed by atoms with Crippen molar-refractivity contribution in [3.63, 3.8) is 0 Å². The predicted molar refractivity (Wildman–Crippen MR) is 121 cm³/mol. The van der Waals surface area contributed by atoms with Gasteiger partial charge in [-0.3, -0.25) is 4.90 Å². The van der Waals surface area contributed by atoms with Crippen LogP contribution in [0.25, 0.3) is 10.2 Å². The Morgan fingerprint density at radius 2 is 2.00 bits per heavy atom. The molecule has 0 radical (unpaired) electrons. The molecule has 3 N–H and O–H groups in total. The fourth-order valence-corrected chi connectivity index (χ4v) is 5.16. The van der Waals surface area contributed by atoms with Crippen molar-refractivity contribution < 1.29 is 28.1 Å². The number of hydrogen-bond acceptors (Lipinski definition) is 9. The molecule has 182 valence electrons. The summed E-state index contributed by atoms with van der Waals surface area (Å²) in [6.07, 6.45) is 0.236. The van der Waals surface area contributed by atoms with E-state index in [0.29, 0.717) is 40.5 Å². The summed E-state index contributed by atoms with van der Waals surface area (Å²) in [5.74, 6) is -2.04. The van der Waals surface area contributed by atoms with Gasteiger partial charge in [0.25, 0.3) is 0 Å². The van der Waals surface area contributed by atoms with Crippen molar-refractivity contribution in [1.29, 1.82) is 0 Å². The smallest absolute Gasteiger partial charge is 0.185 e. The van der Waals surface area contributed by atoms with Gasteiger partial charge in [-0.2, -0.15) is 0 Å². The van der Waals surface area contributed by atoms with Gasteiger partial charge in [0.15, 0.2) is 40.9 Å². The van der Waals surface area contributed by atoms with Crippen LogP contribution in [-0.4, -0.2) is 75.9 Å². The molecule has 2 fully saturated rings. The van der Waals surface area contributed by atoms with Crippen LogP contribution >= 0.6 is 11.3 Å². The number of rotatable bonds is 7. The molecule has 1 aromatic carbocycles. The molecule has 0 saturated carbocycles. The van der Waals surface area contributed by atoms with E-state index in [1.165, 1.54) is 23.6 Å². The summed E-state index contributed by atoms with van der Waals surface area (Å²) in [4.78, 5) is 12.6. The number of hydrogen-bond donors (Lipinski definition) is 3. The van der Waals surface area contributed by atoms with Crippen LogP contribution < -0.4 is 10.2 Å². The Hall–Kier alpha value is -2.51. The van der Waals surface area contributed by atoms with Crippen molar-refractivity contribution >= 4 is 32.5 Å². The SMILES string of the molecule is CC1CN(c2ncc(CC(O)CO)cc2F)CCN1C1OC1Nc1nc2cc(F)c(F)cc2s1. The zero-order valence-corrected chi connectivity index (χ0v) is 19.1. The number of ether oxygens (including phenoxy) is 1. The monoisotopic (exact) mass is 495 g/mol. The van der Waals surface area contributed by atoms with Gasteiger partial charge in [0, 0.05) is 44.4 Å². The number of piperazine rings is 1. The van der Waals surface area contributed by atoms with E-state index in [0.717, 1.165) is 12.1 Å². The maximum absolute atomic E-state index is 14.7. The Morgan fingerprint density at radius 1 is 1.21 bits per heavy atom. The average Bonchev–Trinajstić information content (AvgIpc) is 3.44. The van der Waals surface area contributed by atoms with Crippen molar-refractivity contribution in [3.05, 3.63) is 47.4 Å². The van der Waals surface area contributed by atoms with E-state index in [-0.39, 0.29) is 30.7 Å². The molecule has 12 heteroatoms. The van der Waals surface area contributed by atoms with Gasteiger partial charge in [0.2, 0.25) is 0 Å². The standard InChI is InChI=1S/C22H24F3N5O3S/c1-11-9-29(19-16(25)5-12(8-26-19)4-13(32)10-31)2-3-30(11)21-20(33-21)28-22-27-17-6-14(23)15(24)7-18(17)34-22/h5-8,11,13,20-21,31-32H,2-4,9-10H2,1H3,(H,27,28). The number of epoxide rings is 1. The normalized spacial score (nSPS) is 23.9. The van der Waals surface area contributed by atoms with Crippen LogP contribution in [0, 0.1) is 17.5 Å². The fraction of sp³-hybridized carbons (Fsp3) is 0.455. The summed E-state index contributed by atoms with van der Waals surface area (Å²) >= 11 is 1.23. The van der Waals surface area contributed by atoms with Gasteiger partial charge in [-0.25, -0.2) is 23.1 Å². The molecular weight excluding hydrogens is 471 g/mol. The highest BCUT2D eigenvalue weighted by Gasteiger charge is 2.47. The molecule has 0 aliphatic carbocycles. The molecule has 0 amide bonds. The van der Waals surface area contributed by atoms with E-state index >= 15 is 0 Å². The third-order valence-electron chi connectivity index (χ3n) is 6.03. The lowest BCUT2D eigenvalue weighted by Gasteiger charge is -2.39. The molecule has 3 aromatic rings. The van der Waals surface area contributed by atoms with Crippen LogP contribution in [0.15, 0.2) is 24.4 Å². The quantitative estimate of drug-likeness (QED) is 0.430. The van der Waals surface area contributed by atoms with Crippen LogP contribution in [0.4, 0.5) is 24.1 Å². The van der Waals surface area contributed by atoms with Crippen molar-refractivity contribution in [2.45, 2.75) is 37.9 Å². The Labute approximate surface area is 197 Å². The van der Waals surface area contributed by atoms with Crippen LogP contribution in [0.3, 0.4) is 0 Å². The number of thiazole rings is 1. The number of aliphatic hydroxyl groups excluding tert-OH is 2. The van der Waals surface area contributed by atoms with Crippen molar-refractivity contribution in [2.24, 2.45) is 0 Å². The number of halogens is 3. The number of pyridine rings is 1. The van der Waals surface area contributed by atoms with Crippen molar-refractivity contribution in [3.8, 4) is 0 Å². The Balaban J connectivity index is 1.18. The minimum Gasteiger partial charge on any atom is -0.394 e. The van der Waals surface area contributed by atoms with Crippen molar-refractivity contribution in [2.75, 3.05) is 36.5 Å². The molecule has 5 rings (SSSR count). The summed E-state index contributed by atoms with van der Waals surface area (Å²) in [6, 6.07) is 3.61. The molecule has 34 heavy (non-hydrogen) atoms. The van der Waals surface area contributed by atoms with Gasteiger partial charge in [0.05, 0.1) is 22.9 Å². The second kappa shape index (κ2) is 9.27. The first kappa shape index (κ1) is 23.2. The predicted octanol–water partition coefficient (Wildman–Crippen LogP) is 2.31. The number of nitrogens with zero attached hydrogens (tertiary/aromatic N) is 4. The molecule has 0 spiro atoms. The van der Waals surface area contributed by atoms with E-state index in [2.05, 4.69) is 20.2 Å². The first-order valence-electron chi connectivity index (χ1n) is 10.9. The molecular formula is C22H24F3N5O3S. The second-order valence-corrected chi connectivity index (χ2v) is 9.60. The Bertz CT molecular complexity index is 1160. The van der Waals surface area contributed by atoms with Crippen LogP contribution in [0.2, 0.25) is 0 Å². The summed E-state index contributed by atoms with van der Waals surface area (Å²) < 4.78 is 47.9. The Morgan fingerprint density at radius 3 is 2.74 bits per heavy atom. The second-order valence-electron chi connectivity index (χ2n) is 8.57. The lowest BCUT2D eigenvalue weighted by atomic mass is 10.1. The van der Waals surface area contributed by atoms with Gasteiger partial charge in [-0.15, -0.1) is 0 Å². The first-order valence-corrected chi connectivity index (χ1v) is 11.8.